The van der Waals surface area contributed by atoms with Gasteiger partial charge in [-0.2, -0.15) is 0 Å². The van der Waals surface area contributed by atoms with E-state index in [0.29, 0.717) is 0 Å². The van der Waals surface area contributed by atoms with Gasteiger partial charge in [-0.15, -0.1) is 0 Å². The lowest BCUT2D eigenvalue weighted by molar-refractivity contribution is 0.473. The molecule has 0 radical (unpaired) electrons. The Bertz CT molecular complexity index is 1960. The van der Waals surface area contributed by atoms with Gasteiger partial charge in [0.05, 0.1) is 22.5 Å². The first kappa shape index (κ1) is 20.9. The quantitative estimate of drug-likeness (QED) is 0.226. The lowest BCUT2D eigenvalue weighted by Gasteiger charge is -2.47. The topological polar surface area (TPSA) is 25.4 Å². The highest BCUT2D eigenvalue weighted by Crippen LogP contribution is 2.66. The van der Waals surface area contributed by atoms with Crippen molar-refractivity contribution in [3.05, 3.63) is 156 Å². The Morgan fingerprint density at radius 2 is 1.28 bits per heavy atom. The first-order valence-corrected chi connectivity index (χ1v) is 13.3. The number of para-hydroxylation sites is 4. The van der Waals surface area contributed by atoms with Gasteiger partial charge in [-0.3, -0.25) is 4.98 Å². The van der Waals surface area contributed by atoms with Crippen molar-refractivity contribution in [1.82, 2.24) is 4.98 Å². The molecule has 6 aromatic rings. The van der Waals surface area contributed by atoms with Crippen LogP contribution in [0.2, 0.25) is 0 Å². The van der Waals surface area contributed by atoms with Gasteiger partial charge in [-0.25, -0.2) is 0 Å². The van der Waals surface area contributed by atoms with Gasteiger partial charge in [0.25, 0.3) is 0 Å². The first-order chi connectivity index (χ1) is 19.4. The van der Waals surface area contributed by atoms with Crippen molar-refractivity contribution < 1.29 is 4.74 Å². The highest BCUT2D eigenvalue weighted by molar-refractivity contribution is 5.99. The number of rotatable bonds is 1. The maximum absolute atomic E-state index is 6.56. The fraction of sp³-hybridized carbons (Fsp3) is 0.0278. The van der Waals surface area contributed by atoms with Gasteiger partial charge in [-0.1, -0.05) is 84.9 Å². The highest BCUT2D eigenvalue weighted by atomic mass is 16.5. The number of pyridine rings is 1. The lowest BCUT2D eigenvalue weighted by atomic mass is 9.64. The monoisotopic (exact) mass is 498 g/mol. The Morgan fingerprint density at radius 3 is 2.18 bits per heavy atom. The number of benzene rings is 5. The van der Waals surface area contributed by atoms with Crippen LogP contribution >= 0.6 is 0 Å². The van der Waals surface area contributed by atoms with E-state index >= 15 is 0 Å². The molecule has 0 N–H and O–H groups in total. The maximum atomic E-state index is 6.56. The highest BCUT2D eigenvalue weighted by Gasteiger charge is 2.53. The molecular weight excluding hydrogens is 476 g/mol. The molecule has 9 rings (SSSR count). The molecule has 0 saturated carbocycles. The van der Waals surface area contributed by atoms with Crippen LogP contribution in [-0.4, -0.2) is 4.98 Å². The maximum Gasteiger partial charge on any atom is 0.151 e. The van der Waals surface area contributed by atoms with E-state index in [-0.39, 0.29) is 0 Å². The van der Waals surface area contributed by atoms with Crippen LogP contribution < -0.4 is 9.64 Å². The summed E-state index contributed by atoms with van der Waals surface area (Å²) < 4.78 is 6.56. The molecular formula is C36H22N2O. The van der Waals surface area contributed by atoms with E-state index in [1.807, 2.05) is 24.5 Å². The zero-order valence-electron chi connectivity index (χ0n) is 21.0. The molecule has 1 unspecified atom stereocenters. The minimum Gasteiger partial charge on any atom is -0.453 e. The van der Waals surface area contributed by atoms with Crippen LogP contribution in [-0.2, 0) is 5.41 Å². The van der Waals surface area contributed by atoms with Gasteiger partial charge in [-0.05, 0) is 80.9 Å². The summed E-state index contributed by atoms with van der Waals surface area (Å²) in [4.78, 5) is 6.81. The van der Waals surface area contributed by atoms with Crippen molar-refractivity contribution in [2.24, 2.45) is 0 Å². The summed E-state index contributed by atoms with van der Waals surface area (Å²) in [6.45, 7) is 0. The number of hydrogen-bond acceptors (Lipinski definition) is 3. The molecule has 1 spiro atoms. The molecule has 3 nitrogen and oxygen atoms in total. The summed E-state index contributed by atoms with van der Waals surface area (Å²) in [5, 5.41) is 0. The van der Waals surface area contributed by atoms with Gasteiger partial charge in [0, 0.05) is 12.4 Å². The third-order valence-electron chi connectivity index (χ3n) is 8.54. The summed E-state index contributed by atoms with van der Waals surface area (Å²) in [5.74, 6) is 1.76. The molecule has 3 heteroatoms. The molecule has 0 saturated heterocycles. The zero-order chi connectivity index (χ0) is 25.6. The molecule has 0 bridgehead atoms. The minimum atomic E-state index is -0.488. The summed E-state index contributed by atoms with van der Waals surface area (Å²) >= 11 is 0. The van der Waals surface area contributed by atoms with E-state index in [0.717, 1.165) is 28.4 Å². The summed E-state index contributed by atoms with van der Waals surface area (Å²) in [7, 11) is 0. The Morgan fingerprint density at radius 1 is 0.538 bits per heavy atom. The Hall–Kier alpha value is -5.15. The smallest absolute Gasteiger partial charge is 0.151 e. The number of hydrogen-bond donors (Lipinski definition) is 0. The Balaban J connectivity index is 1.45. The Kier molecular flexibility index (Phi) is 3.99. The van der Waals surface area contributed by atoms with Crippen molar-refractivity contribution >= 4 is 17.1 Å². The molecule has 0 amide bonds. The molecule has 2 aliphatic heterocycles. The average molecular weight is 499 g/mol. The van der Waals surface area contributed by atoms with Crippen LogP contribution in [0.25, 0.3) is 22.3 Å². The van der Waals surface area contributed by atoms with Gasteiger partial charge in [0.1, 0.15) is 0 Å². The number of fused-ring (bicyclic) bond motifs is 11. The molecule has 1 aliphatic carbocycles. The van der Waals surface area contributed by atoms with Crippen LogP contribution in [0, 0.1) is 0 Å². The number of aromatic nitrogens is 1. The van der Waals surface area contributed by atoms with Crippen LogP contribution in [0.1, 0.15) is 22.3 Å². The van der Waals surface area contributed by atoms with Crippen LogP contribution in [0.4, 0.5) is 17.1 Å². The lowest BCUT2D eigenvalue weighted by Crippen LogP contribution is -2.37. The molecule has 0 fully saturated rings. The summed E-state index contributed by atoms with van der Waals surface area (Å²) in [6, 6.07) is 43.7. The fourth-order valence-electron chi connectivity index (χ4n) is 7.06. The van der Waals surface area contributed by atoms with Gasteiger partial charge in [0.2, 0.25) is 0 Å². The van der Waals surface area contributed by atoms with Crippen molar-refractivity contribution in [3.8, 4) is 33.8 Å². The van der Waals surface area contributed by atoms with E-state index in [1.54, 1.807) is 0 Å². The number of anilines is 3. The van der Waals surface area contributed by atoms with E-state index in [9.17, 15) is 0 Å². The predicted octanol–water partition coefficient (Wildman–Crippen LogP) is 9.00. The molecule has 5 aromatic carbocycles. The van der Waals surface area contributed by atoms with E-state index < -0.39 is 5.41 Å². The van der Waals surface area contributed by atoms with E-state index in [4.69, 9.17) is 4.74 Å². The summed E-state index contributed by atoms with van der Waals surface area (Å²) in [6.07, 6.45) is 3.77. The number of nitrogens with zero attached hydrogens (tertiary/aromatic N) is 2. The van der Waals surface area contributed by atoms with Crippen LogP contribution in [0.15, 0.2) is 134 Å². The standard InChI is InChI=1S/C36H22N2O/c1-2-11-27-25(10-1)26-19-18-23(24-9-8-20-37-22-24)21-30(26)36(27)28-12-3-4-14-31(28)38-32-15-5-6-16-33(32)39-34-17-7-13-29(36)35(34)38/h1-22H. The predicted molar refractivity (Wildman–Crippen MR) is 155 cm³/mol. The SMILES string of the molecule is c1cncc(-c2ccc3c(c2)C2(c4ccccc4-3)c3ccccc3N3c4ccccc4Oc4cccc2c43)c1. The number of ether oxygens (including phenoxy) is 1. The van der Waals surface area contributed by atoms with Crippen molar-refractivity contribution in [1.29, 1.82) is 0 Å². The van der Waals surface area contributed by atoms with Gasteiger partial charge < -0.3 is 9.64 Å². The second-order valence-electron chi connectivity index (χ2n) is 10.4. The molecule has 1 atom stereocenters. The Labute approximate surface area is 226 Å². The summed E-state index contributed by atoms with van der Waals surface area (Å²) in [5.41, 5.74) is 12.8. The first-order valence-electron chi connectivity index (χ1n) is 13.3. The minimum absolute atomic E-state index is 0.488. The van der Waals surface area contributed by atoms with Gasteiger partial charge in [0.15, 0.2) is 11.5 Å². The van der Waals surface area contributed by atoms with Crippen LogP contribution in [0.3, 0.4) is 0 Å². The van der Waals surface area contributed by atoms with Crippen molar-refractivity contribution in [2.75, 3.05) is 4.90 Å². The molecule has 1 aromatic heterocycles. The largest absolute Gasteiger partial charge is 0.453 e. The third-order valence-corrected chi connectivity index (χ3v) is 8.54. The molecule has 3 aliphatic rings. The van der Waals surface area contributed by atoms with Crippen LogP contribution in [0.5, 0.6) is 11.5 Å². The van der Waals surface area contributed by atoms with E-state index in [1.165, 1.54) is 44.6 Å². The van der Waals surface area contributed by atoms with Crippen molar-refractivity contribution in [2.45, 2.75) is 5.41 Å². The third kappa shape index (κ3) is 2.54. The van der Waals surface area contributed by atoms with Crippen molar-refractivity contribution in [3.63, 3.8) is 0 Å². The molecule has 182 valence electrons. The van der Waals surface area contributed by atoms with Gasteiger partial charge >= 0.3 is 0 Å². The second kappa shape index (κ2) is 7.46. The second-order valence-corrected chi connectivity index (χ2v) is 10.4. The van der Waals surface area contributed by atoms with E-state index in [2.05, 4.69) is 119 Å². The molecule has 39 heavy (non-hydrogen) atoms. The fourth-order valence-corrected chi connectivity index (χ4v) is 7.06. The molecule has 3 heterocycles. The average Bonchev–Trinajstić information content (AvgIpc) is 3.30. The zero-order valence-corrected chi connectivity index (χ0v) is 21.0. The normalized spacial score (nSPS) is 17.0.